The number of oxazole rings is 1. The third-order valence-corrected chi connectivity index (χ3v) is 7.44. The second-order valence-corrected chi connectivity index (χ2v) is 9.12. The topological polar surface area (TPSA) is 66.5 Å². The number of phenolic OH excluding ortho intramolecular Hbond substituents is 1. The second-order valence-electron chi connectivity index (χ2n) is 9.12. The summed E-state index contributed by atoms with van der Waals surface area (Å²) in [5.74, 6) is 3.93. The van der Waals surface area contributed by atoms with Gasteiger partial charge in [0.15, 0.2) is 11.5 Å². The lowest BCUT2D eigenvalue weighted by atomic mass is 9.49. The van der Waals surface area contributed by atoms with Crippen LogP contribution in [0.2, 0.25) is 0 Å². The number of hydrogen-bond donors (Lipinski definition) is 2. The molecule has 2 N–H and O–H groups in total. The third-order valence-electron chi connectivity index (χ3n) is 7.44. The fourth-order valence-corrected chi connectivity index (χ4v) is 6.34. The van der Waals surface area contributed by atoms with Gasteiger partial charge in [0.2, 0.25) is 0 Å². The zero-order chi connectivity index (χ0) is 17.7. The Morgan fingerprint density at radius 2 is 1.73 bits per heavy atom. The van der Waals surface area contributed by atoms with E-state index in [0.29, 0.717) is 17.4 Å². The Morgan fingerprint density at radius 3 is 2.46 bits per heavy atom. The van der Waals surface area contributed by atoms with E-state index in [2.05, 4.69) is 4.98 Å². The molecule has 0 atom stereocenters. The van der Waals surface area contributed by atoms with Crippen LogP contribution in [0.1, 0.15) is 63.7 Å². The summed E-state index contributed by atoms with van der Waals surface area (Å²) in [6.45, 7) is 0. The Hall–Kier alpha value is -1.55. The number of aliphatic hydroxyl groups is 1. The maximum atomic E-state index is 11.4. The Bertz CT molecular complexity index is 768. The van der Waals surface area contributed by atoms with Gasteiger partial charge < -0.3 is 14.6 Å². The minimum absolute atomic E-state index is 0.212. The fraction of sp³-hybridized carbons (Fsp3) is 0.682. The predicted molar refractivity (Wildman–Crippen MR) is 99.8 cm³/mol. The largest absolute Gasteiger partial charge is 0.508 e. The molecule has 4 fully saturated rings. The normalized spacial score (nSPS) is 35.4. The quantitative estimate of drug-likeness (QED) is 0.729. The average molecular weight is 355 g/mol. The molecule has 1 aromatic carbocycles. The first-order valence-electron chi connectivity index (χ1n) is 10.4. The number of benzene rings is 1. The van der Waals surface area contributed by atoms with Gasteiger partial charge in [-0.1, -0.05) is 12.8 Å². The third kappa shape index (κ3) is 2.83. The van der Waals surface area contributed by atoms with Crippen molar-refractivity contribution in [2.75, 3.05) is 0 Å². The first-order valence-corrected chi connectivity index (χ1v) is 10.4. The number of aromatic hydroxyl groups is 1. The van der Waals surface area contributed by atoms with E-state index >= 15 is 0 Å². The maximum Gasteiger partial charge on any atom is 0.195 e. The summed E-state index contributed by atoms with van der Waals surface area (Å²) in [5.41, 5.74) is 1.09. The molecule has 0 saturated heterocycles. The lowest BCUT2D eigenvalue weighted by Crippen LogP contribution is -2.57. The Balaban J connectivity index is 1.13. The van der Waals surface area contributed by atoms with Gasteiger partial charge in [-0.3, -0.25) is 0 Å². The molecular weight excluding hydrogens is 326 g/mol. The molecule has 2 aromatic rings. The van der Waals surface area contributed by atoms with Gasteiger partial charge in [0, 0.05) is 12.5 Å². The number of aryl methyl sites for hydroxylation is 1. The molecule has 0 spiro atoms. The van der Waals surface area contributed by atoms with Gasteiger partial charge >= 0.3 is 0 Å². The number of aromatic nitrogens is 1. The summed E-state index contributed by atoms with van der Waals surface area (Å²) in [7, 11) is 0. The summed E-state index contributed by atoms with van der Waals surface area (Å²) >= 11 is 0. The Morgan fingerprint density at radius 1 is 1.00 bits per heavy atom. The van der Waals surface area contributed by atoms with Crippen molar-refractivity contribution in [2.24, 2.45) is 23.7 Å². The second kappa shape index (κ2) is 6.26. The lowest BCUT2D eigenvalue weighted by Gasteiger charge is -2.59. The Kier molecular flexibility index (Phi) is 4.00. The highest BCUT2D eigenvalue weighted by atomic mass is 16.3. The molecule has 4 aliphatic carbocycles. The average Bonchev–Trinajstić information content (AvgIpc) is 3.00. The van der Waals surface area contributed by atoms with E-state index in [0.717, 1.165) is 55.3 Å². The molecule has 1 aromatic heterocycles. The Labute approximate surface area is 154 Å². The highest BCUT2D eigenvalue weighted by Gasteiger charge is 2.55. The highest BCUT2D eigenvalue weighted by molar-refractivity contribution is 5.74. The van der Waals surface area contributed by atoms with Crippen molar-refractivity contribution < 1.29 is 14.6 Å². The fourth-order valence-electron chi connectivity index (χ4n) is 6.34. The van der Waals surface area contributed by atoms with E-state index in [9.17, 15) is 10.2 Å². The summed E-state index contributed by atoms with van der Waals surface area (Å²) in [4.78, 5) is 4.49. The van der Waals surface area contributed by atoms with Gasteiger partial charge in [0.25, 0.3) is 0 Å². The SMILES string of the molecule is Oc1ccc2nc(CCCCCC3(O)C4CC5CC(C4)CC3C5)oc2c1. The molecular formula is C22H29NO3. The van der Waals surface area contributed by atoms with Crippen molar-refractivity contribution in [2.45, 2.75) is 69.8 Å². The van der Waals surface area contributed by atoms with Gasteiger partial charge in [-0.2, -0.15) is 0 Å². The van der Waals surface area contributed by atoms with Gasteiger partial charge in [0.05, 0.1) is 5.60 Å². The van der Waals surface area contributed by atoms with Crippen molar-refractivity contribution in [1.82, 2.24) is 4.98 Å². The molecule has 26 heavy (non-hydrogen) atoms. The van der Waals surface area contributed by atoms with Crippen molar-refractivity contribution >= 4 is 11.1 Å². The van der Waals surface area contributed by atoms with Crippen LogP contribution < -0.4 is 0 Å². The molecule has 4 heteroatoms. The van der Waals surface area contributed by atoms with Crippen LogP contribution in [0.5, 0.6) is 5.75 Å². The van der Waals surface area contributed by atoms with Crippen LogP contribution in [0.3, 0.4) is 0 Å². The summed E-state index contributed by atoms with van der Waals surface area (Å²) in [6.07, 6.45) is 11.6. The van der Waals surface area contributed by atoms with Crippen LogP contribution in [0.4, 0.5) is 0 Å². The van der Waals surface area contributed by atoms with Gasteiger partial charge in [-0.25, -0.2) is 4.98 Å². The minimum atomic E-state index is -0.372. The molecule has 0 unspecified atom stereocenters. The summed E-state index contributed by atoms with van der Waals surface area (Å²) in [6, 6.07) is 5.05. The molecule has 140 valence electrons. The molecule has 4 nitrogen and oxygen atoms in total. The zero-order valence-corrected chi connectivity index (χ0v) is 15.4. The molecule has 6 rings (SSSR count). The summed E-state index contributed by atoms with van der Waals surface area (Å²) < 4.78 is 5.72. The number of hydrogen-bond acceptors (Lipinski definition) is 4. The molecule has 0 aliphatic heterocycles. The first kappa shape index (κ1) is 16.6. The molecule has 4 bridgehead atoms. The van der Waals surface area contributed by atoms with Crippen LogP contribution in [-0.2, 0) is 6.42 Å². The van der Waals surface area contributed by atoms with Crippen molar-refractivity contribution in [1.29, 1.82) is 0 Å². The van der Waals surface area contributed by atoms with E-state index < -0.39 is 0 Å². The number of nitrogens with zero attached hydrogens (tertiary/aromatic N) is 1. The van der Waals surface area contributed by atoms with Crippen LogP contribution in [0, 0.1) is 23.7 Å². The van der Waals surface area contributed by atoms with Crippen molar-refractivity contribution in [3.8, 4) is 5.75 Å². The van der Waals surface area contributed by atoms with Crippen molar-refractivity contribution in [3.05, 3.63) is 24.1 Å². The lowest BCUT2D eigenvalue weighted by molar-refractivity contribution is -0.176. The van der Waals surface area contributed by atoms with Crippen molar-refractivity contribution in [3.63, 3.8) is 0 Å². The summed E-state index contributed by atoms with van der Waals surface area (Å²) in [5, 5.41) is 20.9. The van der Waals surface area contributed by atoms with Gasteiger partial charge in [-0.05, 0) is 80.8 Å². The van der Waals surface area contributed by atoms with E-state index in [1.165, 1.54) is 32.1 Å². The van der Waals surface area contributed by atoms with E-state index in [4.69, 9.17) is 4.42 Å². The first-order chi connectivity index (χ1) is 12.6. The van der Waals surface area contributed by atoms with E-state index in [1.807, 2.05) is 0 Å². The van der Waals surface area contributed by atoms with Crippen LogP contribution in [0.15, 0.2) is 22.6 Å². The van der Waals surface area contributed by atoms with Crippen LogP contribution in [-0.4, -0.2) is 20.8 Å². The van der Waals surface area contributed by atoms with Crippen LogP contribution >= 0.6 is 0 Å². The smallest absolute Gasteiger partial charge is 0.195 e. The maximum absolute atomic E-state index is 11.4. The monoisotopic (exact) mass is 355 g/mol. The van der Waals surface area contributed by atoms with E-state index in [1.54, 1.807) is 18.2 Å². The predicted octanol–water partition coefficient (Wildman–Crippen LogP) is 4.82. The molecule has 0 amide bonds. The molecule has 0 radical (unpaired) electrons. The standard InChI is InChI=1S/C22H29NO3/c24-18-5-6-19-20(13-18)26-21(23-19)4-2-1-3-7-22(25)16-9-14-8-15(11-16)12-17(22)10-14/h5-6,13-17,24-25H,1-4,7-12H2. The van der Waals surface area contributed by atoms with Crippen LogP contribution in [0.25, 0.3) is 11.1 Å². The zero-order valence-electron chi connectivity index (χ0n) is 15.4. The van der Waals surface area contributed by atoms with Gasteiger partial charge in [-0.15, -0.1) is 0 Å². The van der Waals surface area contributed by atoms with Gasteiger partial charge in [0.1, 0.15) is 11.3 Å². The number of fused-ring (bicyclic) bond motifs is 1. The number of phenols is 1. The number of unbranched alkanes of at least 4 members (excludes halogenated alkanes) is 2. The number of rotatable bonds is 6. The van der Waals surface area contributed by atoms with E-state index in [-0.39, 0.29) is 11.4 Å². The molecule has 1 heterocycles. The molecule has 4 aliphatic rings. The molecule has 4 saturated carbocycles. The highest BCUT2D eigenvalue weighted by Crippen LogP contribution is 2.59. The minimum Gasteiger partial charge on any atom is -0.508 e.